The van der Waals surface area contributed by atoms with Gasteiger partial charge in [-0.2, -0.15) is 5.26 Å². The first-order chi connectivity index (χ1) is 13.6. The van der Waals surface area contributed by atoms with Crippen LogP contribution in [-0.4, -0.2) is 11.1 Å². The summed E-state index contributed by atoms with van der Waals surface area (Å²) in [4.78, 5) is 11.1. The van der Waals surface area contributed by atoms with Gasteiger partial charge in [-0.3, -0.25) is 4.79 Å². The van der Waals surface area contributed by atoms with Crippen molar-refractivity contribution in [3.63, 3.8) is 0 Å². The van der Waals surface area contributed by atoms with Crippen LogP contribution < -0.4 is 10.5 Å². The normalized spacial score (nSPS) is 10.3. The van der Waals surface area contributed by atoms with Crippen LogP contribution in [0.15, 0.2) is 66.7 Å². The van der Waals surface area contributed by atoms with Crippen LogP contribution in [0, 0.1) is 11.3 Å². The molecule has 0 aliphatic carbocycles. The molecule has 0 aromatic heterocycles. The molecular weight excluding hydrogens is 352 g/mol. The first kappa shape index (κ1) is 19.2. The largest absolute Gasteiger partial charge is 0.489 e. The fourth-order valence-electron chi connectivity index (χ4n) is 2.95. The zero-order valence-corrected chi connectivity index (χ0v) is 15.3. The molecule has 0 radical (unpaired) electrons. The minimum Gasteiger partial charge on any atom is -0.489 e. The molecule has 28 heavy (non-hydrogen) atoms. The second kappa shape index (κ2) is 8.85. The molecule has 0 saturated carbocycles. The number of nitrogens with two attached hydrogens (primary N) is 1. The Morgan fingerprint density at radius 2 is 1.68 bits per heavy atom. The van der Waals surface area contributed by atoms with E-state index >= 15 is 0 Å². The quantitative estimate of drug-likeness (QED) is 0.656. The van der Waals surface area contributed by atoms with E-state index in [1.54, 1.807) is 18.2 Å². The minimum absolute atomic E-state index is 0.160. The molecule has 3 aromatic carbocycles. The van der Waals surface area contributed by atoms with Gasteiger partial charge < -0.3 is 15.6 Å². The molecule has 0 amide bonds. The summed E-state index contributed by atoms with van der Waals surface area (Å²) in [7, 11) is 0. The zero-order valence-electron chi connectivity index (χ0n) is 15.3. The van der Waals surface area contributed by atoms with E-state index in [4.69, 9.17) is 20.8 Å². The third kappa shape index (κ3) is 4.76. The van der Waals surface area contributed by atoms with Crippen LogP contribution in [0.5, 0.6) is 5.75 Å². The molecule has 0 heterocycles. The Labute approximate surface area is 163 Å². The fourth-order valence-corrected chi connectivity index (χ4v) is 2.95. The summed E-state index contributed by atoms with van der Waals surface area (Å²) < 4.78 is 5.87. The number of aliphatic carboxylic acids is 1. The lowest BCUT2D eigenvalue weighted by Crippen LogP contribution is -2.04. The average Bonchev–Trinajstić information content (AvgIpc) is 2.73. The lowest BCUT2D eigenvalue weighted by atomic mass is 10.0. The molecule has 3 aromatic rings. The lowest BCUT2D eigenvalue weighted by Gasteiger charge is -2.12. The third-order valence-electron chi connectivity index (χ3n) is 4.36. The van der Waals surface area contributed by atoms with E-state index in [2.05, 4.69) is 6.07 Å². The van der Waals surface area contributed by atoms with Crippen molar-refractivity contribution in [2.24, 2.45) is 5.73 Å². The van der Waals surface area contributed by atoms with Crippen LogP contribution in [0.25, 0.3) is 11.1 Å². The molecule has 0 aliphatic rings. The van der Waals surface area contributed by atoms with Crippen LogP contribution in [0.1, 0.15) is 22.3 Å². The summed E-state index contributed by atoms with van der Waals surface area (Å²) in [5.41, 5.74) is 10.8. The number of benzene rings is 3. The minimum atomic E-state index is -0.948. The number of carboxylic acid groups (broad SMARTS) is 1. The number of carbonyl (C=O) groups is 1. The fraction of sp³-hybridized carbons (Fsp3) is 0.130. The highest BCUT2D eigenvalue weighted by atomic mass is 16.5. The maximum absolute atomic E-state index is 11.1. The van der Waals surface area contributed by atoms with Crippen molar-refractivity contribution in [2.45, 2.75) is 19.6 Å². The van der Waals surface area contributed by atoms with E-state index in [0.717, 1.165) is 22.3 Å². The van der Waals surface area contributed by atoms with Crippen LogP contribution in [-0.2, 0) is 24.4 Å². The molecule has 0 atom stereocenters. The molecular formula is C23H20N2O3. The predicted molar refractivity (Wildman–Crippen MR) is 107 cm³/mol. The van der Waals surface area contributed by atoms with Gasteiger partial charge in [-0.15, -0.1) is 0 Å². The Bertz CT molecular complexity index is 1040. The standard InChI is InChI=1S/C23H20N2O3/c24-13-16-3-1-5-19(9-16)20-6-2-4-18(10-20)15-28-22-11-17(14-25)7-8-21(22)12-23(26)27/h1-11H,12-13,15,24H2,(H,26,27). The van der Waals surface area contributed by atoms with Crippen molar-refractivity contribution in [2.75, 3.05) is 0 Å². The van der Waals surface area contributed by atoms with Crippen LogP contribution >= 0.6 is 0 Å². The number of nitriles is 1. The Hall–Kier alpha value is -3.62. The Kier molecular flexibility index (Phi) is 6.05. The Morgan fingerprint density at radius 1 is 1.00 bits per heavy atom. The number of hydrogen-bond donors (Lipinski definition) is 2. The van der Waals surface area contributed by atoms with E-state index in [-0.39, 0.29) is 13.0 Å². The molecule has 0 spiro atoms. The molecule has 0 saturated heterocycles. The molecule has 140 valence electrons. The first-order valence-electron chi connectivity index (χ1n) is 8.85. The van der Waals surface area contributed by atoms with E-state index in [1.165, 1.54) is 0 Å². The van der Waals surface area contributed by atoms with E-state index in [1.807, 2.05) is 48.5 Å². The topological polar surface area (TPSA) is 96.3 Å². The van der Waals surface area contributed by atoms with Crippen molar-refractivity contribution in [1.29, 1.82) is 5.26 Å². The van der Waals surface area contributed by atoms with Gasteiger partial charge in [0.2, 0.25) is 0 Å². The second-order valence-electron chi connectivity index (χ2n) is 6.40. The highest BCUT2D eigenvalue weighted by Gasteiger charge is 2.10. The van der Waals surface area contributed by atoms with E-state index in [9.17, 15) is 4.79 Å². The summed E-state index contributed by atoms with van der Waals surface area (Å²) >= 11 is 0. The average molecular weight is 372 g/mol. The summed E-state index contributed by atoms with van der Waals surface area (Å²) in [6.45, 7) is 0.754. The van der Waals surface area contributed by atoms with Crippen molar-refractivity contribution in [3.05, 3.63) is 89.0 Å². The number of carboxylic acids is 1. The molecule has 0 aliphatic heterocycles. The van der Waals surface area contributed by atoms with Crippen molar-refractivity contribution in [3.8, 4) is 22.9 Å². The smallest absolute Gasteiger partial charge is 0.307 e. The van der Waals surface area contributed by atoms with Crippen molar-refractivity contribution >= 4 is 5.97 Å². The predicted octanol–water partition coefficient (Wildman–Crippen LogP) is 3.89. The van der Waals surface area contributed by atoms with Gasteiger partial charge in [0.15, 0.2) is 0 Å². The van der Waals surface area contributed by atoms with Gasteiger partial charge in [-0.05, 0) is 46.5 Å². The highest BCUT2D eigenvalue weighted by molar-refractivity contribution is 5.71. The van der Waals surface area contributed by atoms with Gasteiger partial charge in [0, 0.05) is 12.1 Å². The number of rotatable bonds is 7. The number of ether oxygens (including phenoxy) is 1. The van der Waals surface area contributed by atoms with Crippen LogP contribution in [0.4, 0.5) is 0 Å². The number of hydrogen-bond acceptors (Lipinski definition) is 4. The maximum atomic E-state index is 11.1. The second-order valence-corrected chi connectivity index (χ2v) is 6.40. The summed E-state index contributed by atoms with van der Waals surface area (Å²) in [5, 5.41) is 18.2. The molecule has 0 unspecified atom stereocenters. The van der Waals surface area contributed by atoms with Gasteiger partial charge >= 0.3 is 5.97 Å². The van der Waals surface area contributed by atoms with Gasteiger partial charge in [0.1, 0.15) is 12.4 Å². The lowest BCUT2D eigenvalue weighted by molar-refractivity contribution is -0.136. The Morgan fingerprint density at radius 3 is 2.32 bits per heavy atom. The monoisotopic (exact) mass is 372 g/mol. The molecule has 5 heteroatoms. The molecule has 3 rings (SSSR count). The van der Waals surface area contributed by atoms with E-state index < -0.39 is 5.97 Å². The summed E-state index contributed by atoms with van der Waals surface area (Å²) in [5.74, 6) is -0.534. The molecule has 3 N–H and O–H groups in total. The van der Waals surface area contributed by atoms with Gasteiger partial charge in [-0.1, -0.05) is 42.5 Å². The van der Waals surface area contributed by atoms with Crippen LogP contribution in [0.2, 0.25) is 0 Å². The van der Waals surface area contributed by atoms with E-state index in [0.29, 0.717) is 23.4 Å². The first-order valence-corrected chi connectivity index (χ1v) is 8.85. The van der Waals surface area contributed by atoms with Crippen LogP contribution in [0.3, 0.4) is 0 Å². The number of nitrogens with zero attached hydrogens (tertiary/aromatic N) is 1. The van der Waals surface area contributed by atoms with Gasteiger partial charge in [0.05, 0.1) is 18.1 Å². The van der Waals surface area contributed by atoms with Gasteiger partial charge in [0.25, 0.3) is 0 Å². The zero-order chi connectivity index (χ0) is 19.9. The summed E-state index contributed by atoms with van der Waals surface area (Å²) in [6, 6.07) is 22.8. The summed E-state index contributed by atoms with van der Waals surface area (Å²) in [6.07, 6.45) is -0.160. The van der Waals surface area contributed by atoms with Gasteiger partial charge in [-0.25, -0.2) is 0 Å². The third-order valence-corrected chi connectivity index (χ3v) is 4.36. The maximum Gasteiger partial charge on any atom is 0.307 e. The SMILES string of the molecule is N#Cc1ccc(CC(=O)O)c(OCc2cccc(-c3cccc(CN)c3)c2)c1. The van der Waals surface area contributed by atoms with Crippen molar-refractivity contribution in [1.82, 2.24) is 0 Å². The highest BCUT2D eigenvalue weighted by Crippen LogP contribution is 2.25. The molecule has 0 fully saturated rings. The molecule has 0 bridgehead atoms. The molecule has 5 nitrogen and oxygen atoms in total. The van der Waals surface area contributed by atoms with Crippen molar-refractivity contribution < 1.29 is 14.6 Å². The Balaban J connectivity index is 1.82.